The van der Waals surface area contributed by atoms with Gasteiger partial charge in [-0.1, -0.05) is 18.2 Å². The van der Waals surface area contributed by atoms with Gasteiger partial charge in [-0.15, -0.1) is 11.6 Å². The lowest BCUT2D eigenvalue weighted by Crippen LogP contribution is -1.98. The quantitative estimate of drug-likeness (QED) is 0.741. The standard InChI is InChI=1S/C17H19ClO2/c1-4-20-14-7-5-13(6-8-14)17(18)16-10-9-15(19-3)11-12(16)2/h5-11,17H,4H2,1-3H3. The Kier molecular flexibility index (Phi) is 4.91. The summed E-state index contributed by atoms with van der Waals surface area (Å²) < 4.78 is 10.7. The van der Waals surface area contributed by atoms with E-state index in [9.17, 15) is 0 Å². The second-order valence-electron chi connectivity index (χ2n) is 4.59. The molecule has 1 atom stereocenters. The zero-order valence-electron chi connectivity index (χ0n) is 12.0. The van der Waals surface area contributed by atoms with Crippen molar-refractivity contribution in [1.82, 2.24) is 0 Å². The fraction of sp³-hybridized carbons (Fsp3) is 0.294. The topological polar surface area (TPSA) is 18.5 Å². The van der Waals surface area contributed by atoms with Crippen molar-refractivity contribution in [1.29, 1.82) is 0 Å². The van der Waals surface area contributed by atoms with Crippen molar-refractivity contribution >= 4 is 11.6 Å². The first kappa shape index (κ1) is 14.7. The molecular formula is C17H19ClO2. The first-order chi connectivity index (χ1) is 9.65. The molecule has 0 spiro atoms. The van der Waals surface area contributed by atoms with Crippen molar-refractivity contribution in [3.05, 3.63) is 59.2 Å². The van der Waals surface area contributed by atoms with Gasteiger partial charge >= 0.3 is 0 Å². The smallest absolute Gasteiger partial charge is 0.119 e. The number of ether oxygens (including phenoxy) is 2. The van der Waals surface area contributed by atoms with E-state index in [1.807, 2.05) is 56.3 Å². The van der Waals surface area contributed by atoms with Gasteiger partial charge in [-0.05, 0) is 54.8 Å². The van der Waals surface area contributed by atoms with E-state index in [1.165, 1.54) is 0 Å². The van der Waals surface area contributed by atoms with Crippen LogP contribution >= 0.6 is 11.6 Å². The highest BCUT2D eigenvalue weighted by atomic mass is 35.5. The van der Waals surface area contributed by atoms with E-state index >= 15 is 0 Å². The lowest BCUT2D eigenvalue weighted by Gasteiger charge is -2.15. The maximum absolute atomic E-state index is 6.58. The van der Waals surface area contributed by atoms with Gasteiger partial charge in [0.1, 0.15) is 11.5 Å². The fourth-order valence-electron chi connectivity index (χ4n) is 2.14. The molecule has 2 nitrogen and oxygen atoms in total. The molecular weight excluding hydrogens is 272 g/mol. The first-order valence-electron chi connectivity index (χ1n) is 6.67. The third-order valence-corrected chi connectivity index (χ3v) is 3.72. The lowest BCUT2D eigenvalue weighted by atomic mass is 9.99. The van der Waals surface area contributed by atoms with Crippen LogP contribution in [0.1, 0.15) is 29.0 Å². The van der Waals surface area contributed by atoms with E-state index < -0.39 is 0 Å². The molecule has 0 aliphatic carbocycles. The van der Waals surface area contributed by atoms with Crippen molar-refractivity contribution in [3.63, 3.8) is 0 Å². The summed E-state index contributed by atoms with van der Waals surface area (Å²) in [5, 5.41) is -0.170. The van der Waals surface area contributed by atoms with Gasteiger partial charge in [0, 0.05) is 0 Å². The number of halogens is 1. The minimum absolute atomic E-state index is 0.170. The van der Waals surface area contributed by atoms with E-state index in [0.29, 0.717) is 6.61 Å². The molecule has 2 aromatic rings. The molecule has 0 fully saturated rings. The number of hydrogen-bond acceptors (Lipinski definition) is 2. The van der Waals surface area contributed by atoms with Gasteiger partial charge in [0.25, 0.3) is 0 Å². The molecule has 20 heavy (non-hydrogen) atoms. The van der Waals surface area contributed by atoms with E-state index in [0.717, 1.165) is 28.2 Å². The summed E-state index contributed by atoms with van der Waals surface area (Å²) in [5.41, 5.74) is 3.28. The Morgan fingerprint density at radius 3 is 2.25 bits per heavy atom. The van der Waals surface area contributed by atoms with Gasteiger partial charge in [-0.2, -0.15) is 0 Å². The van der Waals surface area contributed by atoms with Gasteiger partial charge < -0.3 is 9.47 Å². The largest absolute Gasteiger partial charge is 0.497 e. The Morgan fingerprint density at radius 2 is 1.70 bits per heavy atom. The zero-order chi connectivity index (χ0) is 14.5. The second kappa shape index (κ2) is 6.67. The maximum atomic E-state index is 6.58. The summed E-state index contributed by atoms with van der Waals surface area (Å²) in [6, 6.07) is 13.9. The molecule has 0 saturated heterocycles. The normalized spacial score (nSPS) is 12.0. The second-order valence-corrected chi connectivity index (χ2v) is 5.02. The minimum atomic E-state index is -0.170. The number of hydrogen-bond donors (Lipinski definition) is 0. The predicted octanol–water partition coefficient (Wildman–Crippen LogP) is 4.73. The molecule has 0 N–H and O–H groups in total. The third-order valence-electron chi connectivity index (χ3n) is 3.23. The Hall–Kier alpha value is -1.67. The summed E-state index contributed by atoms with van der Waals surface area (Å²) in [6.45, 7) is 4.68. The van der Waals surface area contributed by atoms with E-state index in [1.54, 1.807) is 7.11 Å². The van der Waals surface area contributed by atoms with Crippen LogP contribution in [0.25, 0.3) is 0 Å². The van der Waals surface area contributed by atoms with Crippen molar-refractivity contribution in [2.45, 2.75) is 19.2 Å². The van der Waals surface area contributed by atoms with Crippen LogP contribution in [0, 0.1) is 6.92 Å². The van der Waals surface area contributed by atoms with Crippen molar-refractivity contribution in [2.24, 2.45) is 0 Å². The molecule has 0 aromatic heterocycles. The molecule has 0 radical (unpaired) electrons. The summed E-state index contributed by atoms with van der Waals surface area (Å²) in [4.78, 5) is 0. The highest BCUT2D eigenvalue weighted by Gasteiger charge is 2.13. The highest BCUT2D eigenvalue weighted by Crippen LogP contribution is 2.33. The van der Waals surface area contributed by atoms with Crippen LogP contribution < -0.4 is 9.47 Å². The summed E-state index contributed by atoms with van der Waals surface area (Å²) in [6.07, 6.45) is 0. The van der Waals surface area contributed by atoms with Crippen LogP contribution in [-0.2, 0) is 0 Å². The average Bonchev–Trinajstić information content (AvgIpc) is 2.47. The fourth-order valence-corrected chi connectivity index (χ4v) is 2.53. The Labute approximate surface area is 125 Å². The van der Waals surface area contributed by atoms with Gasteiger partial charge in [-0.25, -0.2) is 0 Å². The number of benzene rings is 2. The summed E-state index contributed by atoms with van der Waals surface area (Å²) in [7, 11) is 1.67. The highest BCUT2D eigenvalue weighted by molar-refractivity contribution is 6.22. The number of alkyl halides is 1. The van der Waals surface area contributed by atoms with Gasteiger partial charge in [0.2, 0.25) is 0 Å². The van der Waals surface area contributed by atoms with Crippen LogP contribution in [0.3, 0.4) is 0 Å². The van der Waals surface area contributed by atoms with Crippen LogP contribution in [0.15, 0.2) is 42.5 Å². The first-order valence-corrected chi connectivity index (χ1v) is 7.10. The molecule has 3 heteroatoms. The third kappa shape index (κ3) is 3.26. The molecule has 0 bridgehead atoms. The van der Waals surface area contributed by atoms with Crippen LogP contribution in [0.2, 0.25) is 0 Å². The Balaban J connectivity index is 2.24. The lowest BCUT2D eigenvalue weighted by molar-refractivity contribution is 0.340. The Bertz CT molecular complexity index is 564. The molecule has 2 aromatic carbocycles. The molecule has 0 saturated carbocycles. The number of aryl methyl sites for hydroxylation is 1. The number of methoxy groups -OCH3 is 1. The summed E-state index contributed by atoms with van der Waals surface area (Å²) in [5.74, 6) is 1.72. The van der Waals surface area contributed by atoms with E-state index in [2.05, 4.69) is 0 Å². The average molecular weight is 291 g/mol. The van der Waals surface area contributed by atoms with Crippen LogP contribution in [-0.4, -0.2) is 13.7 Å². The number of rotatable bonds is 5. The predicted molar refractivity (Wildman–Crippen MR) is 83.0 cm³/mol. The van der Waals surface area contributed by atoms with Crippen molar-refractivity contribution in [3.8, 4) is 11.5 Å². The zero-order valence-corrected chi connectivity index (χ0v) is 12.8. The molecule has 0 amide bonds. The Morgan fingerprint density at radius 1 is 1.05 bits per heavy atom. The van der Waals surface area contributed by atoms with E-state index in [-0.39, 0.29) is 5.38 Å². The molecule has 0 aliphatic heterocycles. The van der Waals surface area contributed by atoms with Crippen molar-refractivity contribution < 1.29 is 9.47 Å². The summed E-state index contributed by atoms with van der Waals surface area (Å²) >= 11 is 6.58. The molecule has 1 unspecified atom stereocenters. The van der Waals surface area contributed by atoms with Gasteiger partial charge in [-0.3, -0.25) is 0 Å². The van der Waals surface area contributed by atoms with Gasteiger partial charge in [0.15, 0.2) is 0 Å². The van der Waals surface area contributed by atoms with Crippen LogP contribution in [0.4, 0.5) is 0 Å². The van der Waals surface area contributed by atoms with E-state index in [4.69, 9.17) is 21.1 Å². The minimum Gasteiger partial charge on any atom is -0.497 e. The molecule has 0 aliphatic rings. The van der Waals surface area contributed by atoms with Crippen LogP contribution in [0.5, 0.6) is 11.5 Å². The molecule has 2 rings (SSSR count). The van der Waals surface area contributed by atoms with Gasteiger partial charge in [0.05, 0.1) is 19.1 Å². The SMILES string of the molecule is CCOc1ccc(C(Cl)c2ccc(OC)cc2C)cc1. The monoisotopic (exact) mass is 290 g/mol. The van der Waals surface area contributed by atoms with Crippen molar-refractivity contribution in [2.75, 3.05) is 13.7 Å². The maximum Gasteiger partial charge on any atom is 0.119 e. The molecule has 106 valence electrons. The molecule has 0 heterocycles.